The molecule has 0 bridgehead atoms. The van der Waals surface area contributed by atoms with Gasteiger partial charge in [0.05, 0.1) is 10.6 Å². The summed E-state index contributed by atoms with van der Waals surface area (Å²) in [7, 11) is 0. The second-order valence-corrected chi connectivity index (χ2v) is 4.61. The van der Waals surface area contributed by atoms with E-state index in [1.807, 2.05) is 13.0 Å². The molecule has 1 aromatic rings. The third-order valence-electron chi connectivity index (χ3n) is 3.14. The summed E-state index contributed by atoms with van der Waals surface area (Å²) in [5, 5.41) is 9.96. The first-order valence-electron chi connectivity index (χ1n) is 5.18. The number of aryl methyl sites for hydroxylation is 1. The predicted molar refractivity (Wildman–Crippen MR) is 61.5 cm³/mol. The quantitative estimate of drug-likeness (QED) is 0.635. The van der Waals surface area contributed by atoms with Gasteiger partial charge in [0.25, 0.3) is 0 Å². The van der Waals surface area contributed by atoms with Gasteiger partial charge in [-0.3, -0.25) is 0 Å². The predicted octanol–water partition coefficient (Wildman–Crippen LogP) is 3.07. The summed E-state index contributed by atoms with van der Waals surface area (Å²) >= 11 is 6.06. The Hall–Kier alpha value is -1.31. The molecule has 0 aromatic heterocycles. The Morgan fingerprint density at radius 2 is 2.19 bits per heavy atom. The number of phenols is 1. The average molecular weight is 238 g/mol. The van der Waals surface area contributed by atoms with Crippen LogP contribution in [0.3, 0.4) is 0 Å². The molecule has 0 radical (unpaired) electrons. The van der Waals surface area contributed by atoms with Crippen LogP contribution in [0, 0.1) is 6.92 Å². The van der Waals surface area contributed by atoms with Crippen LogP contribution in [-0.4, -0.2) is 11.2 Å². The zero-order valence-corrected chi connectivity index (χ0v) is 9.71. The summed E-state index contributed by atoms with van der Waals surface area (Å²) in [6.45, 7) is 1.87. The van der Waals surface area contributed by atoms with Gasteiger partial charge in [0.15, 0.2) is 0 Å². The number of benzene rings is 1. The van der Waals surface area contributed by atoms with E-state index in [2.05, 4.69) is 4.99 Å². The van der Waals surface area contributed by atoms with Crippen molar-refractivity contribution < 1.29 is 9.90 Å². The molecule has 0 amide bonds. The first-order chi connectivity index (χ1) is 7.59. The van der Waals surface area contributed by atoms with Gasteiger partial charge in [-0.05, 0) is 37.8 Å². The van der Waals surface area contributed by atoms with E-state index in [0.29, 0.717) is 5.02 Å². The van der Waals surface area contributed by atoms with E-state index in [4.69, 9.17) is 11.6 Å². The minimum absolute atomic E-state index is 0.0454. The number of carbonyl (C=O) groups excluding carboxylic acids is 1. The summed E-state index contributed by atoms with van der Waals surface area (Å²) < 4.78 is 0. The third-order valence-corrected chi connectivity index (χ3v) is 3.54. The highest BCUT2D eigenvalue weighted by molar-refractivity contribution is 6.33. The topological polar surface area (TPSA) is 49.7 Å². The maximum Gasteiger partial charge on any atom is 0.235 e. The second kappa shape index (κ2) is 3.93. The number of nitrogens with zero attached hydrogens (tertiary/aromatic N) is 1. The fraction of sp³-hybridized carbons (Fsp3) is 0.417. The van der Waals surface area contributed by atoms with Crippen molar-refractivity contribution in [3.63, 3.8) is 0 Å². The van der Waals surface area contributed by atoms with Crippen LogP contribution in [0.15, 0.2) is 17.1 Å². The standard InChI is InChI=1S/C12H12ClNO2/c1-8-5-9(11(13)10(16)6-8)12(14-7-15)3-2-4-12/h5-6,16H,2-4H2,1H3. The van der Waals surface area contributed by atoms with Gasteiger partial charge < -0.3 is 5.11 Å². The van der Waals surface area contributed by atoms with E-state index in [9.17, 15) is 9.90 Å². The number of phenolic OH excluding ortho intramolecular Hbond substituents is 1. The van der Waals surface area contributed by atoms with Crippen LogP contribution in [0.4, 0.5) is 0 Å². The highest BCUT2D eigenvalue weighted by Crippen LogP contribution is 2.49. The van der Waals surface area contributed by atoms with Crippen molar-refractivity contribution in [3.05, 3.63) is 28.3 Å². The second-order valence-electron chi connectivity index (χ2n) is 4.23. The van der Waals surface area contributed by atoms with E-state index < -0.39 is 5.54 Å². The monoisotopic (exact) mass is 237 g/mol. The van der Waals surface area contributed by atoms with Crippen LogP contribution in [0.25, 0.3) is 0 Å². The van der Waals surface area contributed by atoms with Crippen LogP contribution < -0.4 is 0 Å². The Morgan fingerprint density at radius 3 is 2.69 bits per heavy atom. The largest absolute Gasteiger partial charge is 0.506 e. The van der Waals surface area contributed by atoms with Crippen molar-refractivity contribution >= 4 is 17.7 Å². The van der Waals surface area contributed by atoms with E-state index >= 15 is 0 Å². The summed E-state index contributed by atoms with van der Waals surface area (Å²) in [6, 6.07) is 3.48. The minimum Gasteiger partial charge on any atom is -0.506 e. The Labute approximate surface area is 98.8 Å². The molecular weight excluding hydrogens is 226 g/mol. The molecule has 1 N–H and O–H groups in total. The van der Waals surface area contributed by atoms with Gasteiger partial charge in [-0.25, -0.2) is 4.79 Å². The molecule has 16 heavy (non-hydrogen) atoms. The van der Waals surface area contributed by atoms with E-state index in [1.54, 1.807) is 12.1 Å². The molecule has 3 nitrogen and oxygen atoms in total. The molecule has 0 spiro atoms. The first kappa shape index (κ1) is 11.2. The molecule has 0 atom stereocenters. The first-order valence-corrected chi connectivity index (χ1v) is 5.55. The average Bonchev–Trinajstić information content (AvgIpc) is 2.17. The molecule has 84 valence electrons. The number of hydrogen-bond acceptors (Lipinski definition) is 3. The molecule has 1 aliphatic carbocycles. The number of rotatable bonds is 2. The van der Waals surface area contributed by atoms with Crippen molar-refractivity contribution in [2.45, 2.75) is 31.7 Å². The molecule has 1 aliphatic rings. The molecule has 0 heterocycles. The highest BCUT2D eigenvalue weighted by atomic mass is 35.5. The maximum absolute atomic E-state index is 10.5. The fourth-order valence-corrected chi connectivity index (χ4v) is 2.41. The van der Waals surface area contributed by atoms with Crippen LogP contribution in [0.1, 0.15) is 30.4 Å². The Balaban J connectivity index is 2.58. The molecule has 1 saturated carbocycles. The van der Waals surface area contributed by atoms with Crippen molar-refractivity contribution in [3.8, 4) is 5.75 Å². The molecule has 1 fully saturated rings. The smallest absolute Gasteiger partial charge is 0.235 e. The number of aromatic hydroxyl groups is 1. The van der Waals surface area contributed by atoms with Crippen molar-refractivity contribution in [2.24, 2.45) is 4.99 Å². The van der Waals surface area contributed by atoms with Crippen molar-refractivity contribution in [1.82, 2.24) is 0 Å². The van der Waals surface area contributed by atoms with Crippen molar-refractivity contribution in [2.75, 3.05) is 0 Å². The van der Waals surface area contributed by atoms with Gasteiger partial charge in [0, 0.05) is 5.56 Å². The number of isocyanates is 1. The molecule has 0 unspecified atom stereocenters. The van der Waals surface area contributed by atoms with Gasteiger partial charge in [0.1, 0.15) is 5.75 Å². The lowest BCUT2D eigenvalue weighted by atomic mass is 9.72. The van der Waals surface area contributed by atoms with Crippen LogP contribution in [0.2, 0.25) is 5.02 Å². The summed E-state index contributed by atoms with van der Waals surface area (Å²) in [5.41, 5.74) is 1.09. The van der Waals surface area contributed by atoms with Crippen LogP contribution >= 0.6 is 11.6 Å². The number of aliphatic imine (C=N–C) groups is 1. The lowest BCUT2D eigenvalue weighted by Gasteiger charge is -2.37. The zero-order chi connectivity index (χ0) is 11.8. The summed E-state index contributed by atoms with van der Waals surface area (Å²) in [4.78, 5) is 14.3. The van der Waals surface area contributed by atoms with E-state index in [0.717, 1.165) is 30.4 Å². The lowest BCUT2D eigenvalue weighted by Crippen LogP contribution is -2.32. The van der Waals surface area contributed by atoms with Gasteiger partial charge in [0.2, 0.25) is 6.08 Å². The van der Waals surface area contributed by atoms with E-state index in [-0.39, 0.29) is 5.75 Å². The van der Waals surface area contributed by atoms with E-state index in [1.165, 1.54) is 0 Å². The SMILES string of the molecule is Cc1cc(O)c(Cl)c(C2(N=C=O)CCC2)c1. The lowest BCUT2D eigenvalue weighted by molar-refractivity contribution is 0.255. The summed E-state index contributed by atoms with van der Waals surface area (Å²) in [5.74, 6) is 0.0454. The number of hydrogen-bond donors (Lipinski definition) is 1. The normalized spacial score (nSPS) is 17.4. The molecule has 2 rings (SSSR count). The third kappa shape index (κ3) is 1.62. The Morgan fingerprint density at radius 1 is 1.50 bits per heavy atom. The molecule has 0 aliphatic heterocycles. The van der Waals surface area contributed by atoms with Crippen LogP contribution in [0.5, 0.6) is 5.75 Å². The highest BCUT2D eigenvalue weighted by Gasteiger charge is 2.41. The zero-order valence-electron chi connectivity index (χ0n) is 8.96. The Bertz CT molecular complexity index is 474. The van der Waals surface area contributed by atoms with Gasteiger partial charge in [-0.1, -0.05) is 17.7 Å². The van der Waals surface area contributed by atoms with Gasteiger partial charge in [-0.2, -0.15) is 4.99 Å². The van der Waals surface area contributed by atoms with Gasteiger partial charge >= 0.3 is 0 Å². The molecular formula is C12H12ClNO2. The van der Waals surface area contributed by atoms with Gasteiger partial charge in [-0.15, -0.1) is 0 Å². The molecule has 0 saturated heterocycles. The van der Waals surface area contributed by atoms with Crippen LogP contribution in [-0.2, 0) is 10.3 Å². The Kier molecular flexibility index (Phi) is 2.75. The molecule has 4 heteroatoms. The molecule has 1 aromatic carbocycles. The van der Waals surface area contributed by atoms with Crippen molar-refractivity contribution in [1.29, 1.82) is 0 Å². The maximum atomic E-state index is 10.5. The minimum atomic E-state index is -0.553. The summed E-state index contributed by atoms with van der Waals surface area (Å²) in [6.07, 6.45) is 4.19. The fourth-order valence-electron chi connectivity index (χ4n) is 2.13. The number of halogens is 1.